The summed E-state index contributed by atoms with van der Waals surface area (Å²) in [6.07, 6.45) is 1.84. The van der Waals surface area contributed by atoms with E-state index in [1.807, 2.05) is 31.3 Å². The van der Waals surface area contributed by atoms with Crippen LogP contribution in [0.25, 0.3) is 5.82 Å². The molecule has 0 radical (unpaired) electrons. The van der Waals surface area contributed by atoms with E-state index < -0.39 is 0 Å². The van der Waals surface area contributed by atoms with E-state index >= 15 is 0 Å². The van der Waals surface area contributed by atoms with Gasteiger partial charge in [0, 0.05) is 13.3 Å². The molecule has 2 aromatic rings. The Hall–Kier alpha value is -1.75. The van der Waals surface area contributed by atoms with Crippen LogP contribution in [-0.4, -0.2) is 27.1 Å². The van der Waals surface area contributed by atoms with Gasteiger partial charge < -0.3 is 4.74 Å². The monoisotopic (exact) mass is 204 g/mol. The summed E-state index contributed by atoms with van der Waals surface area (Å²) < 4.78 is 6.67. The molecule has 0 unspecified atom stereocenters. The molecule has 5 heteroatoms. The van der Waals surface area contributed by atoms with Crippen molar-refractivity contribution in [3.05, 3.63) is 35.8 Å². The minimum absolute atomic E-state index is 0.506. The quantitative estimate of drug-likeness (QED) is 0.751. The van der Waals surface area contributed by atoms with Crippen LogP contribution in [0.3, 0.4) is 0 Å². The molecule has 0 atom stereocenters. The molecule has 15 heavy (non-hydrogen) atoms. The Kier molecular flexibility index (Phi) is 2.73. The van der Waals surface area contributed by atoms with E-state index in [-0.39, 0.29) is 0 Å². The molecule has 0 saturated carbocycles. The second kappa shape index (κ2) is 4.18. The number of methoxy groups -OCH3 is 1. The lowest BCUT2D eigenvalue weighted by atomic mass is 10.4. The van der Waals surface area contributed by atoms with E-state index in [9.17, 15) is 0 Å². The molecule has 0 aliphatic carbocycles. The van der Waals surface area contributed by atoms with Crippen LogP contribution in [0, 0.1) is 6.92 Å². The summed E-state index contributed by atoms with van der Waals surface area (Å²) in [5, 5.41) is 12.3. The van der Waals surface area contributed by atoms with E-state index in [4.69, 9.17) is 4.74 Å². The van der Waals surface area contributed by atoms with Gasteiger partial charge in [0.1, 0.15) is 0 Å². The van der Waals surface area contributed by atoms with Crippen LogP contribution in [-0.2, 0) is 11.3 Å². The molecular weight excluding hydrogens is 192 g/mol. The van der Waals surface area contributed by atoms with Gasteiger partial charge in [0.25, 0.3) is 0 Å². The topological polar surface area (TPSA) is 52.8 Å². The lowest BCUT2D eigenvalue weighted by molar-refractivity contribution is 0.181. The van der Waals surface area contributed by atoms with Gasteiger partial charge in [-0.3, -0.25) is 0 Å². The van der Waals surface area contributed by atoms with Crippen LogP contribution in [0.2, 0.25) is 0 Å². The van der Waals surface area contributed by atoms with Crippen LogP contribution >= 0.6 is 0 Å². The van der Waals surface area contributed by atoms with Gasteiger partial charge in [0.15, 0.2) is 5.82 Å². The van der Waals surface area contributed by atoms with Crippen molar-refractivity contribution in [2.24, 2.45) is 0 Å². The highest BCUT2D eigenvalue weighted by atomic mass is 16.5. The second-order valence-electron chi connectivity index (χ2n) is 3.22. The minimum atomic E-state index is 0.506. The van der Waals surface area contributed by atoms with Gasteiger partial charge >= 0.3 is 0 Å². The van der Waals surface area contributed by atoms with E-state index in [0.717, 1.165) is 11.4 Å². The van der Waals surface area contributed by atoms with Crippen LogP contribution in [0.1, 0.15) is 11.4 Å². The molecular formula is C10H12N4O. The Morgan fingerprint density at radius 1 is 1.27 bits per heavy atom. The molecule has 0 fully saturated rings. The third-order valence-corrected chi connectivity index (χ3v) is 1.96. The second-order valence-corrected chi connectivity index (χ2v) is 3.22. The lowest BCUT2D eigenvalue weighted by Gasteiger charge is -1.98. The molecule has 5 nitrogen and oxygen atoms in total. The molecule has 78 valence electrons. The predicted molar refractivity (Wildman–Crippen MR) is 54.6 cm³/mol. The fourth-order valence-electron chi connectivity index (χ4n) is 1.23. The molecule has 2 aromatic heterocycles. The van der Waals surface area contributed by atoms with Crippen molar-refractivity contribution in [2.75, 3.05) is 7.11 Å². The van der Waals surface area contributed by atoms with Crippen LogP contribution < -0.4 is 0 Å². The number of aryl methyl sites for hydroxylation is 1. The Morgan fingerprint density at radius 2 is 2.13 bits per heavy atom. The van der Waals surface area contributed by atoms with Gasteiger partial charge in [-0.15, -0.1) is 5.10 Å². The van der Waals surface area contributed by atoms with E-state index in [0.29, 0.717) is 12.4 Å². The van der Waals surface area contributed by atoms with Crippen LogP contribution in [0.4, 0.5) is 0 Å². The molecule has 0 bridgehead atoms. The first-order valence-electron chi connectivity index (χ1n) is 4.64. The van der Waals surface area contributed by atoms with Crippen molar-refractivity contribution in [2.45, 2.75) is 13.5 Å². The third-order valence-electron chi connectivity index (χ3n) is 1.96. The standard InChI is InChI=1S/C10H12N4O/c1-8-3-4-10(12-11-8)14-6-5-9(13-14)7-15-2/h3-6H,7H2,1-2H3. The Labute approximate surface area is 87.7 Å². The van der Waals surface area contributed by atoms with Crippen LogP contribution in [0.15, 0.2) is 24.4 Å². The van der Waals surface area contributed by atoms with Gasteiger partial charge in [0.2, 0.25) is 0 Å². The third kappa shape index (κ3) is 2.19. The molecule has 0 amide bonds. The van der Waals surface area contributed by atoms with Gasteiger partial charge in [-0.25, -0.2) is 4.68 Å². The predicted octanol–water partition coefficient (Wildman–Crippen LogP) is 1.12. The molecule has 0 spiro atoms. The van der Waals surface area contributed by atoms with Gasteiger partial charge in [-0.1, -0.05) is 0 Å². The zero-order valence-corrected chi connectivity index (χ0v) is 8.71. The summed E-state index contributed by atoms with van der Waals surface area (Å²) in [5.74, 6) is 0.711. The zero-order chi connectivity index (χ0) is 10.7. The van der Waals surface area contributed by atoms with Crippen molar-refractivity contribution in [3.8, 4) is 5.82 Å². The Bertz CT molecular complexity index is 435. The maximum atomic E-state index is 4.98. The highest BCUT2D eigenvalue weighted by Crippen LogP contribution is 2.04. The Balaban J connectivity index is 2.25. The van der Waals surface area contributed by atoms with E-state index in [1.165, 1.54) is 0 Å². The first kappa shape index (κ1) is 9.79. The molecule has 2 rings (SSSR count). The van der Waals surface area contributed by atoms with Gasteiger partial charge in [-0.2, -0.15) is 10.2 Å². The zero-order valence-electron chi connectivity index (χ0n) is 8.71. The average Bonchev–Trinajstić information content (AvgIpc) is 2.68. The normalized spacial score (nSPS) is 10.5. The molecule has 2 heterocycles. The lowest BCUT2D eigenvalue weighted by Crippen LogP contribution is -2.01. The van der Waals surface area contributed by atoms with Crippen molar-refractivity contribution >= 4 is 0 Å². The number of hydrogen-bond donors (Lipinski definition) is 0. The van der Waals surface area contributed by atoms with E-state index in [2.05, 4.69) is 15.3 Å². The fraction of sp³-hybridized carbons (Fsp3) is 0.300. The largest absolute Gasteiger partial charge is 0.378 e. The van der Waals surface area contributed by atoms with Gasteiger partial charge in [0.05, 0.1) is 18.0 Å². The summed E-state index contributed by atoms with van der Waals surface area (Å²) in [6.45, 7) is 2.41. The number of nitrogens with zero attached hydrogens (tertiary/aromatic N) is 4. The maximum Gasteiger partial charge on any atom is 0.175 e. The SMILES string of the molecule is COCc1ccn(-c2ccc(C)nn2)n1. The molecule has 0 N–H and O–H groups in total. The highest BCUT2D eigenvalue weighted by molar-refractivity contribution is 5.20. The Morgan fingerprint density at radius 3 is 2.80 bits per heavy atom. The molecule has 0 aromatic carbocycles. The number of rotatable bonds is 3. The highest BCUT2D eigenvalue weighted by Gasteiger charge is 2.01. The summed E-state index contributed by atoms with van der Waals surface area (Å²) in [7, 11) is 1.64. The van der Waals surface area contributed by atoms with E-state index in [1.54, 1.807) is 11.8 Å². The number of hydrogen-bond acceptors (Lipinski definition) is 4. The van der Waals surface area contributed by atoms with Crippen LogP contribution in [0.5, 0.6) is 0 Å². The summed E-state index contributed by atoms with van der Waals surface area (Å²) in [5.41, 5.74) is 1.77. The van der Waals surface area contributed by atoms with Crippen molar-refractivity contribution in [1.82, 2.24) is 20.0 Å². The first-order chi connectivity index (χ1) is 7.29. The maximum absolute atomic E-state index is 4.98. The average molecular weight is 204 g/mol. The summed E-state index contributed by atoms with van der Waals surface area (Å²) in [4.78, 5) is 0. The number of aromatic nitrogens is 4. The molecule has 0 saturated heterocycles. The minimum Gasteiger partial charge on any atom is -0.378 e. The van der Waals surface area contributed by atoms with Gasteiger partial charge in [-0.05, 0) is 25.1 Å². The fourth-order valence-corrected chi connectivity index (χ4v) is 1.23. The molecule has 0 aliphatic heterocycles. The summed E-state index contributed by atoms with van der Waals surface area (Å²) >= 11 is 0. The molecule has 0 aliphatic rings. The number of ether oxygens (including phenoxy) is 1. The first-order valence-corrected chi connectivity index (χ1v) is 4.64. The summed E-state index contributed by atoms with van der Waals surface area (Å²) in [6, 6.07) is 5.68. The van der Waals surface area contributed by atoms with Crippen molar-refractivity contribution in [1.29, 1.82) is 0 Å². The van der Waals surface area contributed by atoms with Crippen molar-refractivity contribution in [3.63, 3.8) is 0 Å². The smallest absolute Gasteiger partial charge is 0.175 e. The van der Waals surface area contributed by atoms with Crippen molar-refractivity contribution < 1.29 is 4.74 Å².